The smallest absolute Gasteiger partial charge is 0.232 e. The van der Waals surface area contributed by atoms with Crippen molar-refractivity contribution >= 4 is 5.82 Å². The molecule has 0 unspecified atom stereocenters. The second kappa shape index (κ2) is 7.11. The molecular formula is C18H23N5O. The number of ether oxygens (including phenoxy) is 1. The summed E-state index contributed by atoms with van der Waals surface area (Å²) in [6, 6.07) is 0. The first-order valence-electron chi connectivity index (χ1n) is 8.86. The molecule has 0 saturated carbocycles. The molecule has 0 atom stereocenters. The van der Waals surface area contributed by atoms with Crippen LogP contribution in [0.1, 0.15) is 36.9 Å². The molecule has 126 valence electrons. The van der Waals surface area contributed by atoms with Gasteiger partial charge in [0.15, 0.2) is 0 Å². The van der Waals surface area contributed by atoms with Crippen LogP contribution in [0, 0.1) is 5.92 Å². The Morgan fingerprint density at radius 3 is 2.75 bits per heavy atom. The van der Waals surface area contributed by atoms with Crippen LogP contribution >= 0.6 is 0 Å². The number of aromatic nitrogens is 4. The van der Waals surface area contributed by atoms with E-state index in [1.807, 2.05) is 0 Å². The Balaban J connectivity index is 1.35. The van der Waals surface area contributed by atoms with Gasteiger partial charge in [-0.05, 0) is 44.4 Å². The van der Waals surface area contributed by atoms with Crippen molar-refractivity contribution in [1.29, 1.82) is 0 Å². The van der Waals surface area contributed by atoms with Gasteiger partial charge in [-0.15, -0.1) is 0 Å². The van der Waals surface area contributed by atoms with Crippen molar-refractivity contribution in [2.24, 2.45) is 5.92 Å². The molecule has 6 nitrogen and oxygen atoms in total. The predicted molar refractivity (Wildman–Crippen MR) is 91.1 cm³/mol. The molecule has 2 aromatic heterocycles. The lowest BCUT2D eigenvalue weighted by Gasteiger charge is -2.34. The Morgan fingerprint density at radius 1 is 1.04 bits per heavy atom. The highest BCUT2D eigenvalue weighted by Gasteiger charge is 2.24. The Kier molecular flexibility index (Phi) is 4.53. The first-order valence-corrected chi connectivity index (χ1v) is 8.86. The molecule has 0 spiro atoms. The van der Waals surface area contributed by atoms with Gasteiger partial charge in [-0.1, -0.05) is 0 Å². The summed E-state index contributed by atoms with van der Waals surface area (Å²) in [7, 11) is 0. The molecule has 0 aromatic carbocycles. The van der Waals surface area contributed by atoms with Crippen molar-refractivity contribution in [3.05, 3.63) is 36.2 Å². The molecule has 1 saturated heterocycles. The van der Waals surface area contributed by atoms with Gasteiger partial charge in [-0.25, -0.2) is 15.0 Å². The van der Waals surface area contributed by atoms with Crippen LogP contribution in [-0.2, 0) is 12.8 Å². The van der Waals surface area contributed by atoms with E-state index >= 15 is 0 Å². The van der Waals surface area contributed by atoms with Crippen molar-refractivity contribution < 1.29 is 4.74 Å². The monoisotopic (exact) mass is 325 g/mol. The molecule has 0 amide bonds. The molecule has 4 rings (SSSR count). The number of piperidine rings is 1. The third-order valence-electron chi connectivity index (χ3n) is 5.02. The second-order valence-electron chi connectivity index (χ2n) is 6.61. The van der Waals surface area contributed by atoms with Gasteiger partial charge in [0.25, 0.3) is 0 Å². The third-order valence-corrected chi connectivity index (χ3v) is 5.02. The minimum Gasteiger partial charge on any atom is -0.476 e. The SMILES string of the molecule is c1cnc(OCC2CCN(c3ncnc4c3CCCC4)CC2)cn1. The third kappa shape index (κ3) is 3.32. The number of nitrogens with zero attached hydrogens (tertiary/aromatic N) is 5. The van der Waals surface area contributed by atoms with Gasteiger partial charge in [0, 0.05) is 36.7 Å². The van der Waals surface area contributed by atoms with Crippen molar-refractivity contribution in [2.75, 3.05) is 24.6 Å². The zero-order chi connectivity index (χ0) is 16.2. The van der Waals surface area contributed by atoms with Gasteiger partial charge < -0.3 is 9.64 Å². The van der Waals surface area contributed by atoms with E-state index in [1.165, 1.54) is 29.9 Å². The van der Waals surface area contributed by atoms with Gasteiger partial charge in [-0.2, -0.15) is 0 Å². The normalized spacial score (nSPS) is 18.2. The van der Waals surface area contributed by atoms with Crippen molar-refractivity contribution in [2.45, 2.75) is 38.5 Å². The maximum absolute atomic E-state index is 5.76. The molecular weight excluding hydrogens is 302 g/mol. The van der Waals surface area contributed by atoms with Crippen LogP contribution in [0.25, 0.3) is 0 Å². The topological polar surface area (TPSA) is 64.0 Å². The van der Waals surface area contributed by atoms with Crippen molar-refractivity contribution in [3.8, 4) is 5.88 Å². The average molecular weight is 325 g/mol. The van der Waals surface area contributed by atoms with Crippen LogP contribution in [0.15, 0.2) is 24.9 Å². The van der Waals surface area contributed by atoms with Crippen LogP contribution in [0.2, 0.25) is 0 Å². The lowest BCUT2D eigenvalue weighted by Crippen LogP contribution is -2.37. The number of hydrogen-bond acceptors (Lipinski definition) is 6. The quantitative estimate of drug-likeness (QED) is 0.860. The fourth-order valence-corrected chi connectivity index (χ4v) is 3.65. The molecule has 3 heterocycles. The van der Waals surface area contributed by atoms with E-state index in [0.717, 1.165) is 38.8 Å². The lowest BCUT2D eigenvalue weighted by atomic mass is 9.94. The number of fused-ring (bicyclic) bond motifs is 1. The van der Waals surface area contributed by atoms with Gasteiger partial charge in [0.05, 0.1) is 12.8 Å². The summed E-state index contributed by atoms with van der Waals surface area (Å²) in [6.07, 6.45) is 13.7. The van der Waals surface area contributed by atoms with Gasteiger partial charge in [-0.3, -0.25) is 4.98 Å². The van der Waals surface area contributed by atoms with E-state index in [9.17, 15) is 0 Å². The maximum atomic E-state index is 5.76. The number of rotatable bonds is 4. The van der Waals surface area contributed by atoms with Crippen LogP contribution in [0.4, 0.5) is 5.82 Å². The standard InChI is InChI=1S/C18H23N5O/c1-2-4-16-15(3-1)18(22-13-21-16)23-9-5-14(6-10-23)12-24-17-11-19-7-8-20-17/h7-8,11,13-14H,1-6,9-10,12H2. The van der Waals surface area contributed by atoms with E-state index in [0.29, 0.717) is 18.4 Å². The maximum Gasteiger partial charge on any atom is 0.232 e. The van der Waals surface area contributed by atoms with Crippen molar-refractivity contribution in [1.82, 2.24) is 19.9 Å². The Morgan fingerprint density at radius 2 is 1.92 bits per heavy atom. The molecule has 0 bridgehead atoms. The number of hydrogen-bond donors (Lipinski definition) is 0. The fourth-order valence-electron chi connectivity index (χ4n) is 3.65. The summed E-state index contributed by atoms with van der Waals surface area (Å²) < 4.78 is 5.76. The van der Waals surface area contributed by atoms with E-state index in [2.05, 4.69) is 24.8 Å². The summed E-state index contributed by atoms with van der Waals surface area (Å²) in [5, 5.41) is 0. The highest BCUT2D eigenvalue weighted by Crippen LogP contribution is 2.30. The average Bonchev–Trinajstić information content (AvgIpc) is 2.67. The Labute approximate surface area is 142 Å². The van der Waals surface area contributed by atoms with E-state index in [4.69, 9.17) is 4.74 Å². The van der Waals surface area contributed by atoms with Gasteiger partial charge in [0.2, 0.25) is 5.88 Å². The van der Waals surface area contributed by atoms with E-state index in [-0.39, 0.29) is 0 Å². The summed E-state index contributed by atoms with van der Waals surface area (Å²) >= 11 is 0. The first-order chi connectivity index (χ1) is 11.9. The molecule has 2 aromatic rings. The van der Waals surface area contributed by atoms with Crippen molar-refractivity contribution in [3.63, 3.8) is 0 Å². The van der Waals surface area contributed by atoms with E-state index in [1.54, 1.807) is 24.9 Å². The van der Waals surface area contributed by atoms with Gasteiger partial charge in [0.1, 0.15) is 12.1 Å². The van der Waals surface area contributed by atoms with E-state index < -0.39 is 0 Å². The molecule has 0 N–H and O–H groups in total. The lowest BCUT2D eigenvalue weighted by molar-refractivity contribution is 0.215. The minimum atomic E-state index is 0.570. The predicted octanol–water partition coefficient (Wildman–Crippen LogP) is 2.44. The van der Waals surface area contributed by atoms with Crippen LogP contribution in [-0.4, -0.2) is 39.6 Å². The number of aryl methyl sites for hydroxylation is 1. The highest BCUT2D eigenvalue weighted by molar-refractivity contribution is 5.49. The summed E-state index contributed by atoms with van der Waals surface area (Å²) in [5.41, 5.74) is 2.65. The van der Waals surface area contributed by atoms with Crippen LogP contribution in [0.3, 0.4) is 0 Å². The van der Waals surface area contributed by atoms with Crippen LogP contribution < -0.4 is 9.64 Å². The molecule has 1 fully saturated rings. The number of anilines is 1. The first kappa shape index (κ1) is 15.3. The summed E-state index contributed by atoms with van der Waals surface area (Å²) in [6.45, 7) is 2.80. The molecule has 2 aliphatic rings. The zero-order valence-electron chi connectivity index (χ0n) is 13.9. The zero-order valence-corrected chi connectivity index (χ0v) is 13.9. The van der Waals surface area contributed by atoms with Crippen LogP contribution in [0.5, 0.6) is 5.88 Å². The highest BCUT2D eigenvalue weighted by atomic mass is 16.5. The summed E-state index contributed by atoms with van der Waals surface area (Å²) in [5.74, 6) is 2.36. The summed E-state index contributed by atoms with van der Waals surface area (Å²) in [4.78, 5) is 19.7. The molecule has 0 radical (unpaired) electrons. The Bertz CT molecular complexity index is 670. The van der Waals surface area contributed by atoms with Gasteiger partial charge >= 0.3 is 0 Å². The molecule has 1 aliphatic carbocycles. The fraction of sp³-hybridized carbons (Fsp3) is 0.556. The minimum absolute atomic E-state index is 0.570. The second-order valence-corrected chi connectivity index (χ2v) is 6.61. The molecule has 24 heavy (non-hydrogen) atoms. The molecule has 1 aliphatic heterocycles. The Hall–Kier alpha value is -2.24. The largest absolute Gasteiger partial charge is 0.476 e. The molecule has 6 heteroatoms.